The van der Waals surface area contributed by atoms with Crippen LogP contribution < -0.4 is 20.1 Å². The van der Waals surface area contributed by atoms with E-state index < -0.39 is 41.5 Å². The Kier molecular flexibility index (Phi) is 6.86. The normalized spacial score (nSPS) is 19.7. The molecule has 4 rings (SSSR count). The van der Waals surface area contributed by atoms with E-state index in [1.54, 1.807) is 0 Å². The maximum absolute atomic E-state index is 13.1. The summed E-state index contributed by atoms with van der Waals surface area (Å²) in [7, 11) is 1.37. The Morgan fingerprint density at radius 3 is 2.33 bits per heavy atom. The van der Waals surface area contributed by atoms with Crippen molar-refractivity contribution in [1.29, 1.82) is 0 Å². The molecule has 9 nitrogen and oxygen atoms in total. The van der Waals surface area contributed by atoms with E-state index in [4.69, 9.17) is 9.47 Å². The van der Waals surface area contributed by atoms with Crippen molar-refractivity contribution < 1.29 is 41.8 Å². The molecule has 2 aromatic carbocycles. The van der Waals surface area contributed by atoms with Gasteiger partial charge in [0.1, 0.15) is 29.3 Å². The molecule has 2 N–H and O–H groups in total. The predicted molar refractivity (Wildman–Crippen MR) is 119 cm³/mol. The van der Waals surface area contributed by atoms with Crippen LogP contribution in [-0.2, 0) is 25.4 Å². The molecule has 0 aliphatic carbocycles. The number of hydrogen-bond donors (Lipinski definition) is 2. The van der Waals surface area contributed by atoms with Crippen molar-refractivity contribution in [2.45, 2.75) is 43.9 Å². The quantitative estimate of drug-likeness (QED) is 0.583. The van der Waals surface area contributed by atoms with Crippen LogP contribution in [0.2, 0.25) is 0 Å². The first-order chi connectivity index (χ1) is 17.1. The summed E-state index contributed by atoms with van der Waals surface area (Å²) in [5, 5.41) is 5.15. The van der Waals surface area contributed by atoms with Crippen LogP contribution in [0, 0.1) is 0 Å². The van der Waals surface area contributed by atoms with Gasteiger partial charge in [-0.25, -0.2) is 0 Å². The molecule has 0 spiro atoms. The van der Waals surface area contributed by atoms with Crippen LogP contribution >= 0.6 is 0 Å². The van der Waals surface area contributed by atoms with Gasteiger partial charge in [-0.05, 0) is 49.2 Å². The largest absolute Gasteiger partial charge is 0.495 e. The van der Waals surface area contributed by atoms with Crippen molar-refractivity contribution in [2.24, 2.45) is 0 Å². The van der Waals surface area contributed by atoms with Gasteiger partial charge in [0, 0.05) is 18.9 Å². The molecule has 2 unspecified atom stereocenters. The fourth-order valence-corrected chi connectivity index (χ4v) is 4.09. The fraction of sp³-hybridized carbons (Fsp3) is 0.333. The number of nitrogens with zero attached hydrogens (tertiary/aromatic N) is 1. The molecule has 2 aliphatic rings. The van der Waals surface area contributed by atoms with Crippen molar-refractivity contribution in [3.63, 3.8) is 0 Å². The Balaban J connectivity index is 1.50. The van der Waals surface area contributed by atoms with Crippen molar-refractivity contribution in [2.75, 3.05) is 12.4 Å². The molecule has 2 saturated heterocycles. The van der Waals surface area contributed by atoms with Crippen molar-refractivity contribution in [3.8, 4) is 17.2 Å². The first-order valence-electron chi connectivity index (χ1n) is 11.1. The molecule has 0 aromatic heterocycles. The molecule has 2 fully saturated rings. The molecule has 4 amide bonds. The number of anilines is 1. The third kappa shape index (κ3) is 5.26. The second kappa shape index (κ2) is 9.88. The van der Waals surface area contributed by atoms with Crippen molar-refractivity contribution >= 4 is 29.3 Å². The second-order valence-corrected chi connectivity index (χ2v) is 8.29. The lowest BCUT2D eigenvalue weighted by Crippen LogP contribution is -2.51. The minimum absolute atomic E-state index is 0.00129. The standard InChI is InChI=1S/C24H22F3N3O6/c1-35-19-9-6-15(36-14-4-2-13(3-5-14)24(25,26)27)12-17(19)29-22(33)18-8-11-21(32)30(18)23(34)16-7-10-20(31)28-16/h2-6,9,12,16,18H,7-8,10-11H2,1H3,(H,28,31)(H,29,33). The number of alkyl halides is 3. The van der Waals surface area contributed by atoms with Crippen LogP contribution in [0.4, 0.5) is 18.9 Å². The topological polar surface area (TPSA) is 114 Å². The van der Waals surface area contributed by atoms with Crippen molar-refractivity contribution in [1.82, 2.24) is 10.2 Å². The van der Waals surface area contributed by atoms with Gasteiger partial charge < -0.3 is 20.1 Å². The minimum atomic E-state index is -4.48. The Bertz CT molecular complexity index is 1200. The maximum Gasteiger partial charge on any atom is 0.416 e. The van der Waals surface area contributed by atoms with E-state index in [0.29, 0.717) is 0 Å². The minimum Gasteiger partial charge on any atom is -0.495 e. The number of amides is 4. The van der Waals surface area contributed by atoms with E-state index in [2.05, 4.69) is 10.6 Å². The highest BCUT2D eigenvalue weighted by Gasteiger charge is 2.44. The Morgan fingerprint density at radius 2 is 1.72 bits per heavy atom. The first kappa shape index (κ1) is 25.0. The maximum atomic E-state index is 13.1. The molecule has 0 radical (unpaired) electrons. The Hall–Kier alpha value is -4.09. The highest BCUT2D eigenvalue weighted by molar-refractivity contribution is 6.08. The number of likely N-dealkylation sites (tertiary alicyclic amines) is 1. The summed E-state index contributed by atoms with van der Waals surface area (Å²) in [6.45, 7) is 0. The zero-order chi connectivity index (χ0) is 26.0. The number of nitrogens with one attached hydrogen (secondary N) is 2. The Morgan fingerprint density at radius 1 is 1.03 bits per heavy atom. The van der Waals surface area contributed by atoms with E-state index >= 15 is 0 Å². The number of rotatable bonds is 6. The number of carbonyl (C=O) groups excluding carboxylic acids is 4. The monoisotopic (exact) mass is 505 g/mol. The number of benzene rings is 2. The van der Waals surface area contributed by atoms with Crippen LogP contribution in [-0.4, -0.2) is 47.7 Å². The van der Waals surface area contributed by atoms with E-state index in [1.807, 2.05) is 0 Å². The molecule has 2 aromatic rings. The highest BCUT2D eigenvalue weighted by atomic mass is 19.4. The summed E-state index contributed by atoms with van der Waals surface area (Å²) in [5.41, 5.74) is -0.646. The van der Waals surface area contributed by atoms with Gasteiger partial charge in [0.25, 0.3) is 5.91 Å². The smallest absolute Gasteiger partial charge is 0.416 e. The lowest BCUT2D eigenvalue weighted by atomic mass is 10.1. The molecule has 2 aliphatic heterocycles. The van der Waals surface area contributed by atoms with Gasteiger partial charge in [-0.3, -0.25) is 24.1 Å². The lowest BCUT2D eigenvalue weighted by Gasteiger charge is -2.25. The number of methoxy groups -OCH3 is 1. The number of halogens is 3. The molecule has 2 atom stereocenters. The molecule has 0 saturated carbocycles. The first-order valence-corrected chi connectivity index (χ1v) is 11.1. The van der Waals surface area contributed by atoms with E-state index in [1.165, 1.54) is 37.4 Å². The van der Waals surface area contributed by atoms with Gasteiger partial charge in [0.15, 0.2) is 0 Å². The van der Waals surface area contributed by atoms with E-state index in [9.17, 15) is 32.3 Å². The number of hydrogen-bond acceptors (Lipinski definition) is 6. The predicted octanol–water partition coefficient (Wildman–Crippen LogP) is 3.24. The molecule has 36 heavy (non-hydrogen) atoms. The van der Waals surface area contributed by atoms with Gasteiger partial charge >= 0.3 is 6.18 Å². The summed E-state index contributed by atoms with van der Waals surface area (Å²) in [4.78, 5) is 50.7. The number of carbonyl (C=O) groups is 4. The molecule has 190 valence electrons. The van der Waals surface area contributed by atoms with Crippen LogP contribution in [0.5, 0.6) is 17.2 Å². The third-order valence-corrected chi connectivity index (χ3v) is 5.89. The zero-order valence-electron chi connectivity index (χ0n) is 19.1. The molecule has 12 heteroatoms. The number of ether oxygens (including phenoxy) is 2. The van der Waals surface area contributed by atoms with Gasteiger partial charge in [-0.2, -0.15) is 13.2 Å². The number of imide groups is 1. The molecule has 0 bridgehead atoms. The summed E-state index contributed by atoms with van der Waals surface area (Å²) in [6.07, 6.45) is -3.96. The van der Waals surface area contributed by atoms with Crippen molar-refractivity contribution in [3.05, 3.63) is 48.0 Å². The molecular weight excluding hydrogens is 483 g/mol. The lowest BCUT2D eigenvalue weighted by molar-refractivity contribution is -0.148. The SMILES string of the molecule is COc1ccc(Oc2ccc(C(F)(F)F)cc2)cc1NC(=O)C1CCC(=O)N1C(=O)C1CCC(=O)N1. The van der Waals surface area contributed by atoms with Crippen LogP contribution in [0.1, 0.15) is 31.2 Å². The average molecular weight is 505 g/mol. The summed E-state index contributed by atoms with van der Waals surface area (Å²) >= 11 is 0. The second-order valence-electron chi connectivity index (χ2n) is 8.29. The third-order valence-electron chi connectivity index (χ3n) is 5.89. The van der Waals surface area contributed by atoms with E-state index in [0.717, 1.165) is 17.0 Å². The summed E-state index contributed by atoms with van der Waals surface area (Å²) < 4.78 is 49.2. The van der Waals surface area contributed by atoms with Crippen LogP contribution in [0.25, 0.3) is 0 Å². The van der Waals surface area contributed by atoms with Crippen LogP contribution in [0.15, 0.2) is 42.5 Å². The zero-order valence-corrected chi connectivity index (χ0v) is 19.1. The molecular formula is C24H22F3N3O6. The molecule has 2 heterocycles. The highest BCUT2D eigenvalue weighted by Crippen LogP contribution is 2.34. The fourth-order valence-electron chi connectivity index (χ4n) is 4.09. The van der Waals surface area contributed by atoms with Gasteiger partial charge in [-0.1, -0.05) is 0 Å². The van der Waals surface area contributed by atoms with Gasteiger partial charge in [0.2, 0.25) is 17.7 Å². The average Bonchev–Trinajstić information content (AvgIpc) is 3.44. The Labute approximate surface area is 203 Å². The van der Waals surface area contributed by atoms with E-state index in [-0.39, 0.29) is 54.5 Å². The van der Waals surface area contributed by atoms with Gasteiger partial charge in [0.05, 0.1) is 18.4 Å². The summed E-state index contributed by atoms with van der Waals surface area (Å²) in [6, 6.07) is 6.58. The van der Waals surface area contributed by atoms with Crippen LogP contribution in [0.3, 0.4) is 0 Å². The summed E-state index contributed by atoms with van der Waals surface area (Å²) in [5.74, 6) is -1.47. The van der Waals surface area contributed by atoms with Gasteiger partial charge in [-0.15, -0.1) is 0 Å².